The van der Waals surface area contributed by atoms with Crippen molar-refractivity contribution in [2.45, 2.75) is 6.92 Å². The van der Waals surface area contributed by atoms with Gasteiger partial charge in [-0.15, -0.1) is 24.2 Å². The van der Waals surface area contributed by atoms with Crippen molar-refractivity contribution in [3.63, 3.8) is 0 Å². The fourth-order valence-corrected chi connectivity index (χ4v) is 3.29. The van der Waals surface area contributed by atoms with Crippen molar-refractivity contribution >= 4 is 46.9 Å². The zero-order chi connectivity index (χ0) is 15.5. The molecule has 1 amide bonds. The van der Waals surface area contributed by atoms with Crippen LogP contribution in [0.4, 0.5) is 5.82 Å². The number of aryl methyl sites for hydroxylation is 1. The molecule has 1 aliphatic heterocycles. The number of fused-ring (bicyclic) bond motifs is 1. The summed E-state index contributed by atoms with van der Waals surface area (Å²) in [5.74, 6) is 1.57. The molecule has 0 bridgehead atoms. The van der Waals surface area contributed by atoms with Crippen molar-refractivity contribution in [2.24, 2.45) is 5.73 Å². The lowest BCUT2D eigenvalue weighted by molar-refractivity contribution is -0.116. The second kappa shape index (κ2) is 7.67. The SMILES string of the molecule is Cc1c[nH]c2ncnc(N3C=C(C(=O)NCCN)SCC3)c12.Cl. The maximum Gasteiger partial charge on any atom is 0.259 e. The Kier molecular flexibility index (Phi) is 5.86. The van der Waals surface area contributed by atoms with Crippen LogP contribution in [0, 0.1) is 6.92 Å². The number of hydrogen-bond donors (Lipinski definition) is 3. The fraction of sp³-hybridized carbons (Fsp3) is 0.357. The molecule has 7 nitrogen and oxygen atoms in total. The van der Waals surface area contributed by atoms with E-state index in [0.717, 1.165) is 34.7 Å². The largest absolute Gasteiger partial charge is 0.350 e. The summed E-state index contributed by atoms with van der Waals surface area (Å²) in [5, 5.41) is 3.79. The molecule has 0 saturated carbocycles. The zero-order valence-electron chi connectivity index (χ0n) is 12.7. The lowest BCUT2D eigenvalue weighted by Crippen LogP contribution is -2.33. The van der Waals surface area contributed by atoms with E-state index >= 15 is 0 Å². The first-order valence-corrected chi connectivity index (χ1v) is 8.07. The van der Waals surface area contributed by atoms with Gasteiger partial charge in [-0.1, -0.05) is 0 Å². The van der Waals surface area contributed by atoms with Gasteiger partial charge in [0.2, 0.25) is 0 Å². The number of amides is 1. The fourth-order valence-electron chi connectivity index (χ4n) is 2.38. The molecule has 0 aromatic carbocycles. The molecule has 3 heterocycles. The normalized spacial score (nSPS) is 14.3. The van der Waals surface area contributed by atoms with Crippen LogP contribution >= 0.6 is 24.2 Å². The van der Waals surface area contributed by atoms with E-state index in [2.05, 4.69) is 20.3 Å². The van der Waals surface area contributed by atoms with Crippen LogP contribution in [-0.4, -0.2) is 46.2 Å². The maximum atomic E-state index is 12.1. The Bertz CT molecular complexity index is 731. The first-order valence-electron chi connectivity index (χ1n) is 7.09. The molecule has 0 radical (unpaired) electrons. The predicted molar refractivity (Wildman–Crippen MR) is 95.8 cm³/mol. The number of carbonyl (C=O) groups is 1. The van der Waals surface area contributed by atoms with Gasteiger partial charge in [0.15, 0.2) is 0 Å². The van der Waals surface area contributed by atoms with E-state index in [1.165, 1.54) is 6.33 Å². The molecule has 0 fully saturated rings. The Labute approximate surface area is 144 Å². The second-order valence-corrected chi connectivity index (χ2v) is 6.11. The van der Waals surface area contributed by atoms with Crippen LogP contribution < -0.4 is 16.0 Å². The topological polar surface area (TPSA) is 99.9 Å². The highest BCUT2D eigenvalue weighted by Crippen LogP contribution is 2.30. The first-order chi connectivity index (χ1) is 10.7. The molecular weight excluding hydrogens is 336 g/mol. The summed E-state index contributed by atoms with van der Waals surface area (Å²) in [6.07, 6.45) is 5.31. The number of H-pyrrole nitrogens is 1. The molecule has 3 rings (SSSR count). The molecule has 0 saturated heterocycles. The van der Waals surface area contributed by atoms with E-state index in [1.54, 1.807) is 11.8 Å². The van der Waals surface area contributed by atoms with Crippen molar-refractivity contribution in [1.29, 1.82) is 0 Å². The molecule has 124 valence electrons. The first kappa shape index (κ1) is 17.6. The number of hydrogen-bond acceptors (Lipinski definition) is 6. The van der Waals surface area contributed by atoms with E-state index in [1.807, 2.05) is 24.2 Å². The molecule has 0 unspecified atom stereocenters. The van der Waals surface area contributed by atoms with Crippen LogP contribution in [0.1, 0.15) is 5.56 Å². The number of aromatic amines is 1. The molecule has 4 N–H and O–H groups in total. The molecule has 1 aliphatic rings. The minimum atomic E-state index is -0.0868. The van der Waals surface area contributed by atoms with Crippen LogP contribution in [0.2, 0.25) is 0 Å². The smallest absolute Gasteiger partial charge is 0.259 e. The Hall–Kier alpha value is -1.77. The summed E-state index contributed by atoms with van der Waals surface area (Å²) in [7, 11) is 0. The Morgan fingerprint density at radius 3 is 3.13 bits per heavy atom. The number of nitrogens with zero attached hydrogens (tertiary/aromatic N) is 3. The molecular formula is C14H19ClN6OS. The van der Waals surface area contributed by atoms with Gasteiger partial charge >= 0.3 is 0 Å². The van der Waals surface area contributed by atoms with Crippen LogP contribution in [0.25, 0.3) is 11.0 Å². The predicted octanol–water partition coefficient (Wildman–Crippen LogP) is 1.16. The zero-order valence-corrected chi connectivity index (χ0v) is 14.3. The van der Waals surface area contributed by atoms with Gasteiger partial charge in [-0.3, -0.25) is 4.79 Å². The molecule has 2 aromatic rings. The van der Waals surface area contributed by atoms with Crippen LogP contribution in [0.15, 0.2) is 23.6 Å². The van der Waals surface area contributed by atoms with E-state index < -0.39 is 0 Å². The van der Waals surface area contributed by atoms with E-state index in [9.17, 15) is 4.79 Å². The van der Waals surface area contributed by atoms with Gasteiger partial charge < -0.3 is 20.9 Å². The van der Waals surface area contributed by atoms with Gasteiger partial charge in [0.25, 0.3) is 5.91 Å². The molecule has 0 atom stereocenters. The highest BCUT2D eigenvalue weighted by Gasteiger charge is 2.21. The summed E-state index contributed by atoms with van der Waals surface area (Å²) in [4.78, 5) is 26.6. The Morgan fingerprint density at radius 2 is 2.35 bits per heavy atom. The van der Waals surface area contributed by atoms with Gasteiger partial charge in [-0.25, -0.2) is 9.97 Å². The van der Waals surface area contributed by atoms with Gasteiger partial charge in [0.1, 0.15) is 17.8 Å². The van der Waals surface area contributed by atoms with E-state index in [4.69, 9.17) is 5.73 Å². The number of nitrogens with one attached hydrogen (secondary N) is 2. The third kappa shape index (κ3) is 3.60. The molecule has 9 heteroatoms. The molecule has 2 aromatic heterocycles. The average Bonchev–Trinajstić information content (AvgIpc) is 2.94. The maximum absolute atomic E-state index is 12.1. The monoisotopic (exact) mass is 354 g/mol. The van der Waals surface area contributed by atoms with E-state index in [-0.39, 0.29) is 18.3 Å². The molecule has 23 heavy (non-hydrogen) atoms. The lowest BCUT2D eigenvalue weighted by Gasteiger charge is -2.25. The number of aromatic nitrogens is 3. The van der Waals surface area contributed by atoms with Crippen molar-refractivity contribution in [2.75, 3.05) is 30.3 Å². The summed E-state index contributed by atoms with van der Waals surface area (Å²) in [6, 6.07) is 0. The molecule has 0 aliphatic carbocycles. The minimum absolute atomic E-state index is 0. The number of halogens is 1. The number of carbonyl (C=O) groups excluding carboxylic acids is 1. The summed E-state index contributed by atoms with van der Waals surface area (Å²) < 4.78 is 0. The van der Waals surface area contributed by atoms with E-state index in [0.29, 0.717) is 18.0 Å². The van der Waals surface area contributed by atoms with Crippen molar-refractivity contribution < 1.29 is 4.79 Å². The summed E-state index contributed by atoms with van der Waals surface area (Å²) in [5.41, 5.74) is 7.32. The van der Waals surface area contributed by atoms with Gasteiger partial charge in [-0.05, 0) is 12.5 Å². The van der Waals surface area contributed by atoms with Crippen molar-refractivity contribution in [3.8, 4) is 0 Å². The van der Waals surface area contributed by atoms with Gasteiger partial charge in [0, 0.05) is 37.8 Å². The third-order valence-corrected chi connectivity index (χ3v) is 4.42. The molecule has 0 spiro atoms. The second-order valence-electron chi connectivity index (χ2n) is 4.97. The van der Waals surface area contributed by atoms with Gasteiger partial charge in [-0.2, -0.15) is 0 Å². The van der Waals surface area contributed by atoms with Crippen LogP contribution in [0.5, 0.6) is 0 Å². The average molecular weight is 355 g/mol. The third-order valence-electron chi connectivity index (χ3n) is 3.44. The number of thioether (sulfide) groups is 1. The number of rotatable bonds is 4. The quantitative estimate of drug-likeness (QED) is 0.761. The van der Waals surface area contributed by atoms with Crippen molar-refractivity contribution in [1.82, 2.24) is 20.3 Å². The van der Waals surface area contributed by atoms with Crippen molar-refractivity contribution in [3.05, 3.63) is 29.2 Å². The lowest BCUT2D eigenvalue weighted by atomic mass is 10.2. The highest BCUT2D eigenvalue weighted by atomic mass is 35.5. The Morgan fingerprint density at radius 1 is 1.52 bits per heavy atom. The minimum Gasteiger partial charge on any atom is -0.350 e. The van der Waals surface area contributed by atoms with Gasteiger partial charge in [0.05, 0.1) is 10.3 Å². The Balaban J connectivity index is 0.00000192. The number of anilines is 1. The highest BCUT2D eigenvalue weighted by molar-refractivity contribution is 8.04. The summed E-state index contributed by atoms with van der Waals surface area (Å²) >= 11 is 1.55. The standard InChI is InChI=1S/C14H18N6OS.ClH/c1-9-6-17-12-11(9)13(19-8-18-12)20-4-5-22-10(7-20)14(21)16-3-2-15;/h6-8H,2-5,15H2,1H3,(H,16,21)(H,17,18,19);1H. The van der Waals surface area contributed by atoms with Crippen LogP contribution in [-0.2, 0) is 4.79 Å². The number of nitrogens with two attached hydrogens (primary N) is 1. The van der Waals surface area contributed by atoms with Crippen LogP contribution in [0.3, 0.4) is 0 Å². The summed E-state index contributed by atoms with van der Waals surface area (Å²) in [6.45, 7) is 3.73.